The molecule has 1 aliphatic carbocycles. The Hall–Kier alpha value is -1.86. The zero-order valence-corrected chi connectivity index (χ0v) is 17.7. The predicted octanol–water partition coefficient (Wildman–Crippen LogP) is 3.91. The molecule has 150 valence electrons. The van der Waals surface area contributed by atoms with E-state index in [2.05, 4.69) is 9.88 Å². The number of halogens is 1. The zero-order chi connectivity index (χ0) is 19.9. The van der Waals surface area contributed by atoms with E-state index in [4.69, 9.17) is 23.1 Å². The summed E-state index contributed by atoms with van der Waals surface area (Å²) in [4.78, 5) is 20.9. The van der Waals surface area contributed by atoms with Crippen LogP contribution in [0.1, 0.15) is 38.5 Å². The molecule has 0 amide bonds. The average molecular weight is 420 g/mol. The Morgan fingerprint density at radius 3 is 2.50 bits per heavy atom. The fourth-order valence-corrected chi connectivity index (χ4v) is 5.67. The van der Waals surface area contributed by atoms with Crippen molar-refractivity contribution in [3.63, 3.8) is 0 Å². The standard InChI is InChI=1S/C20H26ClN5OS/c1-25-18(27)16(28-15-12-13(22)4-5-14(15)21)17(23)24-19(25)26-10-8-20(9-11-26)6-2-3-7-20/h4-5,12H,2-3,6-11,22-23H2,1H3. The monoisotopic (exact) mass is 419 g/mol. The van der Waals surface area contributed by atoms with E-state index in [0.717, 1.165) is 25.9 Å². The number of nitrogens with zero attached hydrogens (tertiary/aromatic N) is 3. The molecule has 1 saturated carbocycles. The third kappa shape index (κ3) is 3.57. The van der Waals surface area contributed by atoms with Gasteiger partial charge in [0.1, 0.15) is 10.7 Å². The number of piperidine rings is 1. The van der Waals surface area contributed by atoms with Crippen LogP contribution in [-0.2, 0) is 7.05 Å². The van der Waals surface area contributed by atoms with Gasteiger partial charge in [-0.05, 0) is 49.3 Å². The molecule has 2 aliphatic rings. The van der Waals surface area contributed by atoms with Gasteiger partial charge < -0.3 is 16.4 Å². The molecule has 0 atom stereocenters. The lowest BCUT2D eigenvalue weighted by atomic mass is 9.77. The number of anilines is 3. The molecular weight excluding hydrogens is 394 g/mol. The van der Waals surface area contributed by atoms with Gasteiger partial charge >= 0.3 is 0 Å². The largest absolute Gasteiger partial charge is 0.399 e. The second-order valence-electron chi connectivity index (χ2n) is 7.98. The van der Waals surface area contributed by atoms with Gasteiger partial charge in [0.25, 0.3) is 5.56 Å². The fraction of sp³-hybridized carbons (Fsp3) is 0.500. The van der Waals surface area contributed by atoms with Gasteiger partial charge in [-0.3, -0.25) is 9.36 Å². The van der Waals surface area contributed by atoms with Crippen LogP contribution in [0.3, 0.4) is 0 Å². The lowest BCUT2D eigenvalue weighted by Gasteiger charge is -2.40. The predicted molar refractivity (Wildman–Crippen MR) is 116 cm³/mol. The Labute approximate surface area is 174 Å². The summed E-state index contributed by atoms with van der Waals surface area (Å²) < 4.78 is 1.60. The Bertz CT molecular complexity index is 944. The van der Waals surface area contributed by atoms with Gasteiger partial charge in [0, 0.05) is 30.7 Å². The van der Waals surface area contributed by atoms with E-state index >= 15 is 0 Å². The fourth-order valence-electron chi connectivity index (χ4n) is 4.48. The Kier molecular flexibility index (Phi) is 5.22. The molecule has 1 aromatic heterocycles. The summed E-state index contributed by atoms with van der Waals surface area (Å²) in [5.41, 5.74) is 13.0. The van der Waals surface area contributed by atoms with Crippen molar-refractivity contribution in [3.05, 3.63) is 33.6 Å². The maximum absolute atomic E-state index is 13.0. The van der Waals surface area contributed by atoms with E-state index in [1.54, 1.807) is 29.8 Å². The molecule has 4 rings (SSSR count). The minimum Gasteiger partial charge on any atom is -0.399 e. The highest BCUT2D eigenvalue weighted by atomic mass is 35.5. The van der Waals surface area contributed by atoms with Crippen LogP contribution < -0.4 is 21.9 Å². The molecule has 28 heavy (non-hydrogen) atoms. The van der Waals surface area contributed by atoms with Crippen LogP contribution in [0.15, 0.2) is 32.8 Å². The topological polar surface area (TPSA) is 90.2 Å². The van der Waals surface area contributed by atoms with Crippen molar-refractivity contribution >= 4 is 40.8 Å². The van der Waals surface area contributed by atoms with Gasteiger partial charge in [0.05, 0.1) is 5.02 Å². The summed E-state index contributed by atoms with van der Waals surface area (Å²) in [6.07, 6.45) is 7.71. The van der Waals surface area contributed by atoms with Crippen molar-refractivity contribution in [2.24, 2.45) is 12.5 Å². The minimum absolute atomic E-state index is 0.160. The summed E-state index contributed by atoms with van der Waals surface area (Å²) in [6, 6.07) is 5.18. The SMILES string of the molecule is Cn1c(N2CCC3(CCCC3)CC2)nc(N)c(Sc2cc(N)ccc2Cl)c1=O. The number of hydrogen-bond donors (Lipinski definition) is 2. The first-order chi connectivity index (χ1) is 13.4. The summed E-state index contributed by atoms with van der Waals surface area (Å²) in [6.45, 7) is 1.85. The van der Waals surface area contributed by atoms with Crippen molar-refractivity contribution in [2.45, 2.75) is 48.3 Å². The Morgan fingerprint density at radius 2 is 1.82 bits per heavy atom. The van der Waals surface area contributed by atoms with Crippen LogP contribution >= 0.6 is 23.4 Å². The normalized spacial score (nSPS) is 18.7. The molecule has 6 nitrogen and oxygen atoms in total. The van der Waals surface area contributed by atoms with Crippen molar-refractivity contribution in [1.82, 2.24) is 9.55 Å². The Balaban J connectivity index is 1.60. The van der Waals surface area contributed by atoms with Crippen LogP contribution in [0.2, 0.25) is 5.02 Å². The summed E-state index contributed by atoms with van der Waals surface area (Å²) in [7, 11) is 1.76. The molecule has 0 bridgehead atoms. The number of rotatable bonds is 3. The van der Waals surface area contributed by atoms with Gasteiger partial charge in [-0.25, -0.2) is 0 Å². The molecule has 2 fully saturated rings. The molecule has 1 aromatic carbocycles. The first-order valence-electron chi connectivity index (χ1n) is 9.73. The third-order valence-electron chi connectivity index (χ3n) is 6.19. The van der Waals surface area contributed by atoms with Crippen LogP contribution in [0, 0.1) is 5.41 Å². The number of aromatic nitrogens is 2. The van der Waals surface area contributed by atoms with Crippen LogP contribution in [-0.4, -0.2) is 22.6 Å². The van der Waals surface area contributed by atoms with Crippen LogP contribution in [0.4, 0.5) is 17.5 Å². The van der Waals surface area contributed by atoms with Gasteiger partial charge in [-0.1, -0.05) is 36.2 Å². The highest BCUT2D eigenvalue weighted by Gasteiger charge is 2.37. The molecule has 0 unspecified atom stereocenters. The number of benzene rings is 1. The van der Waals surface area contributed by atoms with Gasteiger partial charge in [0.15, 0.2) is 0 Å². The zero-order valence-electron chi connectivity index (χ0n) is 16.1. The molecule has 1 saturated heterocycles. The molecule has 1 aliphatic heterocycles. The lowest BCUT2D eigenvalue weighted by Crippen LogP contribution is -2.42. The second kappa shape index (κ2) is 7.52. The van der Waals surface area contributed by atoms with Crippen LogP contribution in [0.25, 0.3) is 0 Å². The molecule has 4 N–H and O–H groups in total. The van der Waals surface area contributed by atoms with E-state index in [0.29, 0.717) is 31.9 Å². The lowest BCUT2D eigenvalue weighted by molar-refractivity contribution is 0.225. The number of hydrogen-bond acceptors (Lipinski definition) is 6. The highest BCUT2D eigenvalue weighted by molar-refractivity contribution is 7.99. The summed E-state index contributed by atoms with van der Waals surface area (Å²) >= 11 is 7.46. The maximum Gasteiger partial charge on any atom is 0.270 e. The van der Waals surface area contributed by atoms with E-state index < -0.39 is 0 Å². The number of nitrogens with two attached hydrogens (primary N) is 2. The third-order valence-corrected chi connectivity index (χ3v) is 7.78. The van der Waals surface area contributed by atoms with Crippen molar-refractivity contribution in [1.29, 1.82) is 0 Å². The first-order valence-corrected chi connectivity index (χ1v) is 10.9. The molecule has 2 aromatic rings. The second-order valence-corrected chi connectivity index (χ2v) is 9.44. The molecule has 2 heterocycles. The molecule has 1 spiro atoms. The molecular formula is C20H26ClN5OS. The molecule has 8 heteroatoms. The highest BCUT2D eigenvalue weighted by Crippen LogP contribution is 2.46. The quantitative estimate of drug-likeness (QED) is 0.733. The van der Waals surface area contributed by atoms with E-state index in [-0.39, 0.29) is 11.4 Å². The van der Waals surface area contributed by atoms with E-state index in [1.807, 2.05) is 0 Å². The maximum atomic E-state index is 13.0. The smallest absolute Gasteiger partial charge is 0.270 e. The van der Waals surface area contributed by atoms with Crippen molar-refractivity contribution in [2.75, 3.05) is 29.5 Å². The Morgan fingerprint density at radius 1 is 1.14 bits per heavy atom. The van der Waals surface area contributed by atoms with Crippen LogP contribution in [0.5, 0.6) is 0 Å². The van der Waals surface area contributed by atoms with E-state index in [1.165, 1.54) is 37.4 Å². The van der Waals surface area contributed by atoms with Gasteiger partial charge in [-0.15, -0.1) is 0 Å². The summed E-state index contributed by atoms with van der Waals surface area (Å²) in [5.74, 6) is 0.890. The minimum atomic E-state index is -0.160. The first kappa shape index (κ1) is 19.5. The van der Waals surface area contributed by atoms with Gasteiger partial charge in [0.2, 0.25) is 5.95 Å². The van der Waals surface area contributed by atoms with Gasteiger partial charge in [-0.2, -0.15) is 4.98 Å². The van der Waals surface area contributed by atoms with E-state index in [9.17, 15) is 4.79 Å². The molecule has 0 radical (unpaired) electrons. The van der Waals surface area contributed by atoms with Crippen molar-refractivity contribution < 1.29 is 0 Å². The average Bonchev–Trinajstić information content (AvgIpc) is 3.13. The van der Waals surface area contributed by atoms with Crippen molar-refractivity contribution in [3.8, 4) is 0 Å². The summed E-state index contributed by atoms with van der Waals surface area (Å²) in [5, 5.41) is 0.530. The number of nitrogen functional groups attached to an aromatic ring is 2.